The summed E-state index contributed by atoms with van der Waals surface area (Å²) in [6.07, 6.45) is 0. The number of nitrogens with one attached hydrogen (secondary N) is 1. The zero-order valence-corrected chi connectivity index (χ0v) is 15.2. The van der Waals surface area contributed by atoms with Crippen molar-refractivity contribution in [3.8, 4) is 6.07 Å². The minimum absolute atomic E-state index is 0.659. The quantitative estimate of drug-likeness (QED) is 0.817. The van der Waals surface area contributed by atoms with E-state index in [2.05, 4.69) is 71.2 Å². The maximum atomic E-state index is 8.86. The Morgan fingerprint density at radius 2 is 1.76 bits per heavy atom. The van der Waals surface area contributed by atoms with Crippen molar-refractivity contribution in [1.82, 2.24) is 0 Å². The molecule has 0 aromatic heterocycles. The summed E-state index contributed by atoms with van der Waals surface area (Å²) in [6, 6.07) is 16.6. The minimum atomic E-state index is -1.22. The van der Waals surface area contributed by atoms with Gasteiger partial charge in [0.05, 0.1) is 19.7 Å². The van der Waals surface area contributed by atoms with Crippen molar-refractivity contribution in [1.29, 1.82) is 5.26 Å². The third-order valence-electron chi connectivity index (χ3n) is 3.40. The van der Waals surface area contributed by atoms with Crippen LogP contribution in [0.5, 0.6) is 0 Å². The Balaban J connectivity index is 2.05. The largest absolute Gasteiger partial charge is 0.380 e. The van der Waals surface area contributed by atoms with E-state index in [-0.39, 0.29) is 0 Å². The predicted octanol–water partition coefficient (Wildman–Crippen LogP) is 4.48. The van der Waals surface area contributed by atoms with Crippen LogP contribution in [0.2, 0.25) is 19.6 Å². The number of anilines is 1. The van der Waals surface area contributed by atoms with Gasteiger partial charge in [0.2, 0.25) is 0 Å². The maximum absolute atomic E-state index is 8.86. The van der Waals surface area contributed by atoms with Crippen LogP contribution in [0.25, 0.3) is 0 Å². The highest BCUT2D eigenvalue weighted by Crippen LogP contribution is 2.23. The van der Waals surface area contributed by atoms with Gasteiger partial charge in [0.15, 0.2) is 0 Å². The average molecular weight is 359 g/mol. The Bertz CT molecular complexity index is 667. The summed E-state index contributed by atoms with van der Waals surface area (Å²) in [7, 11) is -1.22. The number of halogens is 1. The summed E-state index contributed by atoms with van der Waals surface area (Å²) in [5.41, 5.74) is 2.92. The van der Waals surface area contributed by atoms with E-state index in [4.69, 9.17) is 5.26 Å². The van der Waals surface area contributed by atoms with E-state index in [1.807, 2.05) is 18.2 Å². The summed E-state index contributed by atoms with van der Waals surface area (Å²) < 4.78 is 0.917. The average Bonchev–Trinajstić information content (AvgIpc) is 2.45. The molecule has 1 N–H and O–H groups in total. The Morgan fingerprint density at radius 3 is 2.29 bits per heavy atom. The normalized spacial score (nSPS) is 11.0. The molecule has 0 fully saturated rings. The van der Waals surface area contributed by atoms with Gasteiger partial charge in [0.25, 0.3) is 0 Å². The number of nitrogens with zero attached hydrogens (tertiary/aromatic N) is 1. The van der Waals surface area contributed by atoms with Crippen LogP contribution in [-0.2, 0) is 6.54 Å². The first-order chi connectivity index (χ1) is 9.90. The second kappa shape index (κ2) is 6.46. The lowest BCUT2D eigenvalue weighted by Gasteiger charge is -2.17. The lowest BCUT2D eigenvalue weighted by molar-refractivity contribution is 1.15. The van der Waals surface area contributed by atoms with Crippen LogP contribution in [0, 0.1) is 11.3 Å². The Morgan fingerprint density at radius 1 is 1.10 bits per heavy atom. The number of nitriles is 1. The van der Waals surface area contributed by atoms with Gasteiger partial charge in [-0.15, -0.1) is 0 Å². The van der Waals surface area contributed by atoms with Crippen LogP contribution in [0.4, 0.5) is 5.69 Å². The molecule has 2 aromatic rings. The molecular formula is C17H19BrN2Si. The van der Waals surface area contributed by atoms with Crippen LogP contribution < -0.4 is 10.5 Å². The van der Waals surface area contributed by atoms with Crippen molar-refractivity contribution in [2.24, 2.45) is 0 Å². The maximum Gasteiger partial charge on any atom is 0.0992 e. The van der Waals surface area contributed by atoms with Crippen LogP contribution in [0.3, 0.4) is 0 Å². The fraction of sp³-hybridized carbons (Fsp3) is 0.235. The molecule has 2 rings (SSSR count). The second-order valence-electron chi connectivity index (χ2n) is 6.11. The molecule has 0 spiro atoms. The molecule has 0 aliphatic carbocycles. The van der Waals surface area contributed by atoms with Gasteiger partial charge in [0, 0.05) is 16.7 Å². The highest BCUT2D eigenvalue weighted by Gasteiger charge is 2.15. The van der Waals surface area contributed by atoms with E-state index in [0.29, 0.717) is 5.56 Å². The lowest BCUT2D eigenvalue weighted by Crippen LogP contribution is -2.37. The molecular weight excluding hydrogens is 340 g/mol. The SMILES string of the molecule is C[Si](C)(C)c1ccc(CNc2ccc(C#N)cc2Br)cc1. The highest BCUT2D eigenvalue weighted by atomic mass is 79.9. The molecule has 108 valence electrons. The molecule has 0 aliphatic rings. The van der Waals surface area contributed by atoms with Crippen LogP contribution >= 0.6 is 15.9 Å². The van der Waals surface area contributed by atoms with Crippen molar-refractivity contribution < 1.29 is 0 Å². The molecule has 0 saturated heterocycles. The van der Waals surface area contributed by atoms with Gasteiger partial charge in [-0.1, -0.05) is 49.1 Å². The lowest BCUT2D eigenvalue weighted by atomic mass is 10.2. The van der Waals surface area contributed by atoms with Gasteiger partial charge in [-0.2, -0.15) is 5.26 Å². The molecule has 0 atom stereocenters. The van der Waals surface area contributed by atoms with Gasteiger partial charge in [-0.25, -0.2) is 0 Å². The molecule has 0 bridgehead atoms. The minimum Gasteiger partial charge on any atom is -0.380 e. The first-order valence-corrected chi connectivity index (χ1v) is 11.2. The first kappa shape index (κ1) is 15.8. The number of rotatable bonds is 4. The van der Waals surface area contributed by atoms with E-state index in [9.17, 15) is 0 Å². The van der Waals surface area contributed by atoms with E-state index < -0.39 is 8.07 Å². The van der Waals surface area contributed by atoms with Crippen molar-refractivity contribution in [2.45, 2.75) is 26.2 Å². The van der Waals surface area contributed by atoms with E-state index in [1.165, 1.54) is 10.8 Å². The fourth-order valence-electron chi connectivity index (χ4n) is 2.05. The molecule has 4 heteroatoms. The Kier molecular flexibility index (Phi) is 4.87. The van der Waals surface area contributed by atoms with E-state index in [1.54, 1.807) is 0 Å². The van der Waals surface area contributed by atoms with Crippen molar-refractivity contribution in [2.75, 3.05) is 5.32 Å². The molecule has 0 aliphatic heterocycles. The van der Waals surface area contributed by atoms with Crippen molar-refractivity contribution >= 4 is 34.9 Å². The fourth-order valence-corrected chi connectivity index (χ4v) is 3.73. The first-order valence-electron chi connectivity index (χ1n) is 6.93. The van der Waals surface area contributed by atoms with Crippen molar-refractivity contribution in [3.05, 3.63) is 58.1 Å². The standard InChI is InChI=1S/C17H19BrN2Si/c1-21(2,3)15-7-4-13(5-8-15)12-20-17-9-6-14(11-19)10-16(17)18/h4-10,20H,12H2,1-3H3. The Hall–Kier alpha value is -1.57. The second-order valence-corrected chi connectivity index (χ2v) is 12.0. The number of hydrogen-bond donors (Lipinski definition) is 1. The monoisotopic (exact) mass is 358 g/mol. The van der Waals surface area contributed by atoms with E-state index in [0.717, 1.165) is 16.7 Å². The van der Waals surface area contributed by atoms with Crippen LogP contribution in [0.15, 0.2) is 46.9 Å². The van der Waals surface area contributed by atoms with Gasteiger partial charge < -0.3 is 5.32 Å². The third-order valence-corrected chi connectivity index (χ3v) is 6.12. The number of hydrogen-bond acceptors (Lipinski definition) is 2. The summed E-state index contributed by atoms with van der Waals surface area (Å²) >= 11 is 3.49. The molecule has 0 radical (unpaired) electrons. The molecule has 2 aromatic carbocycles. The van der Waals surface area contributed by atoms with Crippen LogP contribution in [0.1, 0.15) is 11.1 Å². The van der Waals surface area contributed by atoms with Crippen LogP contribution in [-0.4, -0.2) is 8.07 Å². The highest BCUT2D eigenvalue weighted by molar-refractivity contribution is 9.10. The summed E-state index contributed by atoms with van der Waals surface area (Å²) in [6.45, 7) is 7.84. The molecule has 0 unspecified atom stereocenters. The molecule has 21 heavy (non-hydrogen) atoms. The number of benzene rings is 2. The van der Waals surface area contributed by atoms with Gasteiger partial charge in [-0.05, 0) is 39.7 Å². The smallest absolute Gasteiger partial charge is 0.0992 e. The zero-order chi connectivity index (χ0) is 15.5. The van der Waals surface area contributed by atoms with Crippen molar-refractivity contribution in [3.63, 3.8) is 0 Å². The predicted molar refractivity (Wildman–Crippen MR) is 95.6 cm³/mol. The third kappa shape index (κ3) is 4.20. The van der Waals surface area contributed by atoms with E-state index >= 15 is 0 Å². The van der Waals surface area contributed by atoms with Gasteiger partial charge in [0.1, 0.15) is 0 Å². The Labute approximate surface area is 136 Å². The summed E-state index contributed by atoms with van der Waals surface area (Å²) in [4.78, 5) is 0. The summed E-state index contributed by atoms with van der Waals surface area (Å²) in [5.74, 6) is 0. The molecule has 0 saturated carbocycles. The summed E-state index contributed by atoms with van der Waals surface area (Å²) in [5, 5.41) is 13.7. The molecule has 2 nitrogen and oxygen atoms in total. The zero-order valence-electron chi connectivity index (χ0n) is 12.6. The van der Waals surface area contributed by atoms with Gasteiger partial charge >= 0.3 is 0 Å². The molecule has 0 heterocycles. The van der Waals surface area contributed by atoms with Gasteiger partial charge in [-0.3, -0.25) is 0 Å². The topological polar surface area (TPSA) is 35.8 Å². The molecule has 0 amide bonds.